The van der Waals surface area contributed by atoms with E-state index in [9.17, 15) is 18.4 Å². The van der Waals surface area contributed by atoms with Crippen LogP contribution < -0.4 is 15.0 Å². The normalized spacial score (nSPS) is 17.8. The lowest BCUT2D eigenvalue weighted by atomic mass is 9.80. The minimum absolute atomic E-state index is 0.104. The van der Waals surface area contributed by atoms with Crippen LogP contribution in [0.4, 0.5) is 14.5 Å². The van der Waals surface area contributed by atoms with Crippen LogP contribution in [0.5, 0.6) is 5.75 Å². The molecule has 0 aromatic heterocycles. The highest BCUT2D eigenvalue weighted by Crippen LogP contribution is 2.43. The van der Waals surface area contributed by atoms with Crippen molar-refractivity contribution >= 4 is 29.2 Å². The van der Waals surface area contributed by atoms with Gasteiger partial charge in [0.2, 0.25) is 0 Å². The molecule has 2 aliphatic heterocycles. The van der Waals surface area contributed by atoms with Gasteiger partial charge in [0.15, 0.2) is 0 Å². The predicted molar refractivity (Wildman–Crippen MR) is 157 cm³/mol. The van der Waals surface area contributed by atoms with E-state index in [2.05, 4.69) is 15.1 Å². The highest BCUT2D eigenvalue weighted by Gasteiger charge is 2.39. The van der Waals surface area contributed by atoms with Gasteiger partial charge >= 0.3 is 18.6 Å². The van der Waals surface area contributed by atoms with Gasteiger partial charge in [-0.2, -0.15) is 8.78 Å². The van der Waals surface area contributed by atoms with Gasteiger partial charge in [-0.05, 0) is 45.4 Å². The summed E-state index contributed by atoms with van der Waals surface area (Å²) in [4.78, 5) is 31.2. The van der Waals surface area contributed by atoms with E-state index in [1.54, 1.807) is 39.0 Å². The Morgan fingerprint density at radius 1 is 0.952 bits per heavy atom. The number of halogens is 3. The van der Waals surface area contributed by atoms with E-state index < -0.39 is 24.5 Å². The van der Waals surface area contributed by atoms with Crippen LogP contribution in [-0.2, 0) is 19.1 Å². The number of dihydropyridines is 1. The molecule has 1 N–H and O–H groups in total. The molecular weight excluding hydrogens is 568 g/mol. The maximum atomic E-state index is 13.5. The van der Waals surface area contributed by atoms with Gasteiger partial charge in [-0.25, -0.2) is 9.59 Å². The Morgan fingerprint density at radius 3 is 2.21 bits per heavy atom. The van der Waals surface area contributed by atoms with Gasteiger partial charge in [-0.3, -0.25) is 4.90 Å². The first-order chi connectivity index (χ1) is 20.2. The Morgan fingerprint density at radius 2 is 1.57 bits per heavy atom. The quantitative estimate of drug-likeness (QED) is 0.267. The van der Waals surface area contributed by atoms with E-state index in [0.717, 1.165) is 43.4 Å². The number of benzene rings is 2. The second-order valence-electron chi connectivity index (χ2n) is 10.0. The van der Waals surface area contributed by atoms with Crippen LogP contribution in [0.25, 0.3) is 0 Å². The number of alkyl halides is 2. The molecule has 2 aromatic carbocycles. The molecule has 0 radical (unpaired) electrons. The van der Waals surface area contributed by atoms with Gasteiger partial charge in [0.05, 0.1) is 41.0 Å². The Bertz CT molecular complexity index is 1340. The van der Waals surface area contributed by atoms with E-state index >= 15 is 0 Å². The van der Waals surface area contributed by atoms with Crippen molar-refractivity contribution in [3.8, 4) is 5.75 Å². The molecule has 0 saturated carbocycles. The monoisotopic (exact) mass is 603 g/mol. The third kappa shape index (κ3) is 7.41. The van der Waals surface area contributed by atoms with Gasteiger partial charge in [0, 0.05) is 49.7 Å². The highest BCUT2D eigenvalue weighted by atomic mass is 35.5. The zero-order valence-corrected chi connectivity index (χ0v) is 24.8. The molecule has 1 unspecified atom stereocenters. The van der Waals surface area contributed by atoms with Gasteiger partial charge in [-0.15, -0.1) is 0 Å². The van der Waals surface area contributed by atoms with E-state index in [1.807, 2.05) is 24.3 Å². The summed E-state index contributed by atoms with van der Waals surface area (Å²) < 4.78 is 42.3. The summed E-state index contributed by atoms with van der Waals surface area (Å²) in [5.41, 5.74) is 2.45. The molecule has 226 valence electrons. The zero-order chi connectivity index (χ0) is 30.2. The lowest BCUT2D eigenvalue weighted by Crippen LogP contribution is -2.46. The first kappa shape index (κ1) is 31.3. The number of anilines is 1. The minimum atomic E-state index is -3.09. The Kier molecular flexibility index (Phi) is 10.8. The zero-order valence-electron chi connectivity index (χ0n) is 24.0. The molecule has 0 spiro atoms. The number of esters is 2. The largest absolute Gasteiger partial charge is 0.463 e. The molecule has 4 rings (SSSR count). The number of piperazine rings is 1. The summed E-state index contributed by atoms with van der Waals surface area (Å²) >= 11 is 6.35. The predicted octanol–water partition coefficient (Wildman–Crippen LogP) is 5.49. The molecular formula is C31H36ClF2N3O5. The maximum Gasteiger partial charge on any atom is 0.387 e. The highest BCUT2D eigenvalue weighted by molar-refractivity contribution is 6.33. The summed E-state index contributed by atoms with van der Waals surface area (Å²) in [5.74, 6) is -2.46. The number of ether oxygens (including phenoxy) is 3. The fourth-order valence-electron chi connectivity index (χ4n) is 5.43. The number of hydrogen-bond acceptors (Lipinski definition) is 8. The van der Waals surface area contributed by atoms with Crippen molar-refractivity contribution in [2.45, 2.75) is 39.7 Å². The van der Waals surface area contributed by atoms with Crippen LogP contribution in [0.15, 0.2) is 71.1 Å². The Labute approximate surface area is 249 Å². The fourth-order valence-corrected chi connectivity index (χ4v) is 5.68. The average molecular weight is 604 g/mol. The van der Waals surface area contributed by atoms with Gasteiger partial charge in [-0.1, -0.05) is 41.9 Å². The van der Waals surface area contributed by atoms with Gasteiger partial charge < -0.3 is 24.4 Å². The topological polar surface area (TPSA) is 80.3 Å². The molecule has 0 aliphatic carbocycles. The number of nitrogens with one attached hydrogen (secondary N) is 1. The second-order valence-corrected chi connectivity index (χ2v) is 10.4. The fraction of sp³-hybridized carbons (Fsp3) is 0.419. The lowest BCUT2D eigenvalue weighted by molar-refractivity contribution is -0.140. The molecule has 2 aromatic rings. The first-order valence-corrected chi connectivity index (χ1v) is 14.4. The number of hydrogen-bond donors (Lipinski definition) is 1. The lowest BCUT2D eigenvalue weighted by Gasteiger charge is -2.36. The smallest absolute Gasteiger partial charge is 0.387 e. The summed E-state index contributed by atoms with van der Waals surface area (Å²) in [6.07, 6.45) is 0.604. The summed E-state index contributed by atoms with van der Waals surface area (Å²) in [7, 11) is 0. The summed E-state index contributed by atoms with van der Waals surface area (Å²) in [6, 6.07) is 13.9. The van der Waals surface area contributed by atoms with E-state index in [4.69, 9.17) is 25.8 Å². The first-order valence-electron chi connectivity index (χ1n) is 14.0. The Balaban J connectivity index is 1.44. The number of carbonyl (C=O) groups is 2. The van der Waals surface area contributed by atoms with Gasteiger partial charge in [0.25, 0.3) is 0 Å². The maximum absolute atomic E-state index is 13.5. The van der Waals surface area contributed by atoms with E-state index in [0.29, 0.717) is 17.8 Å². The average Bonchev–Trinajstić information content (AvgIpc) is 2.95. The van der Waals surface area contributed by atoms with Crippen LogP contribution in [0.1, 0.15) is 38.7 Å². The van der Waals surface area contributed by atoms with Crippen molar-refractivity contribution in [2.24, 2.45) is 0 Å². The number of allylic oxidation sites excluding steroid dienone is 2. The number of carbonyl (C=O) groups excluding carboxylic acids is 2. The van der Waals surface area contributed by atoms with Crippen LogP contribution in [0.3, 0.4) is 0 Å². The van der Waals surface area contributed by atoms with Crippen LogP contribution in [0.2, 0.25) is 5.02 Å². The number of nitrogens with zero attached hydrogens (tertiary/aromatic N) is 2. The van der Waals surface area contributed by atoms with Crippen molar-refractivity contribution < 1.29 is 32.6 Å². The van der Waals surface area contributed by atoms with E-state index in [1.165, 1.54) is 6.07 Å². The van der Waals surface area contributed by atoms with Crippen molar-refractivity contribution in [1.82, 2.24) is 10.2 Å². The molecule has 11 heteroatoms. The molecule has 0 amide bonds. The Hall–Kier alpha value is -3.63. The third-order valence-electron chi connectivity index (χ3n) is 7.34. The molecule has 2 heterocycles. The van der Waals surface area contributed by atoms with Gasteiger partial charge in [0.1, 0.15) is 5.75 Å². The second kappa shape index (κ2) is 14.5. The van der Waals surface area contributed by atoms with Crippen molar-refractivity contribution in [3.05, 3.63) is 81.7 Å². The molecule has 1 saturated heterocycles. The molecule has 2 aliphatic rings. The minimum Gasteiger partial charge on any atom is -0.463 e. The molecule has 0 bridgehead atoms. The van der Waals surface area contributed by atoms with Crippen LogP contribution in [-0.4, -0.2) is 69.4 Å². The molecule has 1 atom stereocenters. The third-order valence-corrected chi connectivity index (χ3v) is 7.66. The summed E-state index contributed by atoms with van der Waals surface area (Å²) in [5, 5.41) is 3.80. The summed E-state index contributed by atoms with van der Waals surface area (Å²) in [6.45, 7) is 6.31. The van der Waals surface area contributed by atoms with Crippen LogP contribution in [0, 0.1) is 0 Å². The standard InChI is InChI=1S/C31H36ClF2N3O5/c1-4-40-29(38)26-20(2)35-21(3)27(28(26)22-10-5-8-13-25(22)42-31(33)34)30(39)41-19-9-14-36-15-17-37(18-16-36)24-12-7-6-11-23(24)32/h5-8,10-13,28,31,35H,4,9,14-19H2,1-3H3. The van der Waals surface area contributed by atoms with Crippen molar-refractivity contribution in [3.63, 3.8) is 0 Å². The number of rotatable bonds is 11. The molecule has 1 fully saturated rings. The SMILES string of the molecule is CCOC(=O)C1=C(C)NC(C)=C(C(=O)OCCCN2CCN(c3ccccc3Cl)CC2)C1c1ccccc1OC(F)F. The molecule has 42 heavy (non-hydrogen) atoms. The van der Waals surface area contributed by atoms with Crippen molar-refractivity contribution in [2.75, 3.05) is 50.8 Å². The number of para-hydroxylation sites is 2. The van der Waals surface area contributed by atoms with Crippen LogP contribution >= 0.6 is 11.6 Å². The van der Waals surface area contributed by atoms with Crippen molar-refractivity contribution in [1.29, 1.82) is 0 Å². The van der Waals surface area contributed by atoms with E-state index in [-0.39, 0.29) is 35.7 Å². The molecule has 8 nitrogen and oxygen atoms in total.